The van der Waals surface area contributed by atoms with Crippen molar-refractivity contribution in [3.8, 4) is 16.9 Å². The Morgan fingerprint density at radius 3 is 2.52 bits per heavy atom. The van der Waals surface area contributed by atoms with E-state index in [4.69, 9.17) is 16.7 Å². The Balaban J connectivity index is 2.36. The Labute approximate surface area is 124 Å². The van der Waals surface area contributed by atoms with Crippen molar-refractivity contribution in [3.63, 3.8) is 0 Å². The number of carboxylic acid groups (broad SMARTS) is 1. The number of nitrogens with zero attached hydrogens (tertiary/aromatic N) is 1. The first-order valence-corrected chi connectivity index (χ1v) is 6.20. The number of aromatic carboxylic acids is 1. The van der Waals surface area contributed by atoms with Gasteiger partial charge in [-0.15, -0.1) is 0 Å². The maximum Gasteiger partial charge on any atom is 0.394 e. The Hall–Kier alpha value is -2.21. The average Bonchev–Trinajstić information content (AvgIpc) is 2.40. The van der Waals surface area contributed by atoms with E-state index < -0.39 is 12.1 Å². The zero-order valence-corrected chi connectivity index (χ0v) is 11.6. The van der Waals surface area contributed by atoms with E-state index in [2.05, 4.69) is 9.72 Å². The van der Waals surface area contributed by atoms with Crippen LogP contribution in [0, 0.1) is 0 Å². The fourth-order valence-electron chi connectivity index (χ4n) is 1.68. The van der Waals surface area contributed by atoms with Gasteiger partial charge in [0.2, 0.25) is 0 Å². The summed E-state index contributed by atoms with van der Waals surface area (Å²) in [7, 11) is 0. The van der Waals surface area contributed by atoms with Crippen LogP contribution in [-0.4, -0.2) is 22.2 Å². The molecule has 1 heterocycles. The van der Waals surface area contributed by atoms with Crippen molar-refractivity contribution in [1.82, 2.24) is 4.98 Å². The van der Waals surface area contributed by atoms with E-state index in [0.717, 1.165) is 0 Å². The van der Waals surface area contributed by atoms with E-state index >= 15 is 0 Å². The van der Waals surface area contributed by atoms with Crippen molar-refractivity contribution in [2.24, 2.45) is 0 Å². The minimum absolute atomic E-state index is 0.00251. The lowest BCUT2D eigenvalue weighted by Crippen LogP contribution is -2.19. The summed E-state index contributed by atoms with van der Waals surface area (Å²) in [5.74, 6) is -1.31. The molecule has 0 radical (unpaired) electrons. The largest absolute Gasteiger partial charge is 0.477 e. The zero-order valence-electron chi connectivity index (χ0n) is 10.8. The quantitative estimate of drug-likeness (QED) is 0.923. The van der Waals surface area contributed by atoms with Crippen LogP contribution < -0.4 is 4.74 Å². The lowest BCUT2D eigenvalue weighted by molar-refractivity contribution is -0.158. The van der Waals surface area contributed by atoms with Gasteiger partial charge in [-0.05, 0) is 35.4 Å². The van der Waals surface area contributed by atoms with Gasteiger partial charge < -0.3 is 9.84 Å². The minimum Gasteiger partial charge on any atom is -0.477 e. The summed E-state index contributed by atoms with van der Waals surface area (Å²) < 4.78 is 30.0. The van der Waals surface area contributed by atoms with Crippen LogP contribution in [0.15, 0.2) is 36.5 Å². The highest BCUT2D eigenvalue weighted by atomic mass is 35.5. The normalized spacial score (nSPS) is 11.2. The Kier molecular flexibility index (Phi) is 4.09. The molecule has 0 spiro atoms. The third-order valence-corrected chi connectivity index (χ3v) is 2.83. The standard InChI is InChI=1S/C14H10ClF2NO3/c1-14(16,17)21-12-3-2-8(6-10(12)15)9-4-5-18-11(7-9)13(19)20/h2-7H,1H3,(H,19,20). The van der Waals surface area contributed by atoms with Crippen molar-refractivity contribution in [1.29, 1.82) is 0 Å². The molecule has 110 valence electrons. The fourth-order valence-corrected chi connectivity index (χ4v) is 1.90. The molecule has 1 N–H and O–H groups in total. The van der Waals surface area contributed by atoms with Gasteiger partial charge in [-0.25, -0.2) is 9.78 Å². The summed E-state index contributed by atoms with van der Waals surface area (Å²) in [4.78, 5) is 14.6. The SMILES string of the molecule is CC(F)(F)Oc1ccc(-c2ccnc(C(=O)O)c2)cc1Cl. The third-order valence-electron chi connectivity index (χ3n) is 2.53. The predicted molar refractivity (Wildman–Crippen MR) is 72.9 cm³/mol. The first-order chi connectivity index (χ1) is 9.76. The number of hydrogen-bond acceptors (Lipinski definition) is 3. The van der Waals surface area contributed by atoms with Crippen molar-refractivity contribution in [2.75, 3.05) is 0 Å². The molecule has 0 fully saturated rings. The molecule has 7 heteroatoms. The van der Waals surface area contributed by atoms with Crippen LogP contribution in [-0.2, 0) is 0 Å². The molecule has 2 aromatic rings. The molecule has 0 aliphatic carbocycles. The molecule has 1 aromatic heterocycles. The second-order valence-corrected chi connectivity index (χ2v) is 4.70. The van der Waals surface area contributed by atoms with Crippen LogP contribution in [0.2, 0.25) is 5.02 Å². The first kappa shape index (κ1) is 15.2. The maximum absolute atomic E-state index is 12.8. The minimum atomic E-state index is -3.34. The maximum atomic E-state index is 12.8. The van der Waals surface area contributed by atoms with Crippen molar-refractivity contribution in [3.05, 3.63) is 47.2 Å². The van der Waals surface area contributed by atoms with E-state index in [0.29, 0.717) is 18.1 Å². The highest BCUT2D eigenvalue weighted by molar-refractivity contribution is 6.32. The third kappa shape index (κ3) is 3.88. The molecule has 0 aliphatic heterocycles. The number of pyridine rings is 1. The Morgan fingerprint density at radius 1 is 1.29 bits per heavy atom. The summed E-state index contributed by atoms with van der Waals surface area (Å²) in [6.45, 7) is 0.610. The Bertz CT molecular complexity index is 686. The van der Waals surface area contributed by atoms with Gasteiger partial charge in [0.15, 0.2) is 0 Å². The lowest BCUT2D eigenvalue weighted by atomic mass is 10.1. The van der Waals surface area contributed by atoms with Crippen molar-refractivity contribution < 1.29 is 23.4 Å². The summed E-state index contributed by atoms with van der Waals surface area (Å²) >= 11 is 5.90. The summed E-state index contributed by atoms with van der Waals surface area (Å²) in [5.41, 5.74) is 1.000. The topological polar surface area (TPSA) is 59.4 Å². The average molecular weight is 314 g/mol. The molecule has 4 nitrogen and oxygen atoms in total. The van der Waals surface area contributed by atoms with Crippen LogP contribution in [0.5, 0.6) is 5.75 Å². The number of alkyl halides is 2. The number of halogens is 3. The van der Waals surface area contributed by atoms with Gasteiger partial charge in [0.25, 0.3) is 0 Å². The smallest absolute Gasteiger partial charge is 0.394 e. The van der Waals surface area contributed by atoms with E-state index in [1.54, 1.807) is 6.07 Å². The first-order valence-electron chi connectivity index (χ1n) is 5.82. The number of benzene rings is 1. The molecule has 0 saturated carbocycles. The Morgan fingerprint density at radius 2 is 1.95 bits per heavy atom. The van der Waals surface area contributed by atoms with Crippen molar-refractivity contribution >= 4 is 17.6 Å². The monoisotopic (exact) mass is 313 g/mol. The van der Waals surface area contributed by atoms with E-state index in [9.17, 15) is 13.6 Å². The van der Waals surface area contributed by atoms with Crippen LogP contribution in [0.25, 0.3) is 11.1 Å². The van der Waals surface area contributed by atoms with E-state index in [-0.39, 0.29) is 16.5 Å². The van der Waals surface area contributed by atoms with Gasteiger partial charge in [-0.3, -0.25) is 0 Å². The molecule has 0 unspecified atom stereocenters. The highest BCUT2D eigenvalue weighted by Crippen LogP contribution is 2.33. The molecule has 0 amide bonds. The van der Waals surface area contributed by atoms with Gasteiger partial charge in [0, 0.05) is 13.1 Å². The van der Waals surface area contributed by atoms with Crippen molar-refractivity contribution in [2.45, 2.75) is 13.0 Å². The molecule has 2 rings (SSSR count). The van der Waals surface area contributed by atoms with E-state index in [1.165, 1.54) is 30.5 Å². The van der Waals surface area contributed by atoms with Gasteiger partial charge in [0.1, 0.15) is 11.4 Å². The fraction of sp³-hybridized carbons (Fsp3) is 0.143. The lowest BCUT2D eigenvalue weighted by Gasteiger charge is -2.14. The molecule has 0 atom stereocenters. The number of carbonyl (C=O) groups is 1. The van der Waals surface area contributed by atoms with Crippen LogP contribution in [0.3, 0.4) is 0 Å². The highest BCUT2D eigenvalue weighted by Gasteiger charge is 2.24. The van der Waals surface area contributed by atoms with Crippen LogP contribution in [0.4, 0.5) is 8.78 Å². The molecular weight excluding hydrogens is 304 g/mol. The van der Waals surface area contributed by atoms with Crippen LogP contribution in [0.1, 0.15) is 17.4 Å². The zero-order chi connectivity index (χ0) is 15.6. The van der Waals surface area contributed by atoms with Crippen LogP contribution >= 0.6 is 11.6 Å². The molecule has 1 aromatic carbocycles. The molecule has 0 aliphatic rings. The number of carboxylic acids is 1. The van der Waals surface area contributed by atoms with Gasteiger partial charge in [-0.1, -0.05) is 17.7 Å². The molecule has 0 saturated heterocycles. The number of rotatable bonds is 4. The summed E-state index contributed by atoms with van der Waals surface area (Å²) in [5, 5.41) is 8.89. The van der Waals surface area contributed by atoms with Gasteiger partial charge in [0.05, 0.1) is 5.02 Å². The molecule has 0 bridgehead atoms. The number of ether oxygens (including phenoxy) is 1. The molecular formula is C14H10ClF2NO3. The summed E-state index contributed by atoms with van der Waals surface area (Å²) in [6, 6.07) is 7.18. The van der Waals surface area contributed by atoms with E-state index in [1.807, 2.05) is 0 Å². The second kappa shape index (κ2) is 5.65. The number of hydrogen-bond donors (Lipinski definition) is 1. The summed E-state index contributed by atoms with van der Waals surface area (Å²) in [6.07, 6.45) is -1.99. The number of aromatic nitrogens is 1. The van der Waals surface area contributed by atoms with Gasteiger partial charge >= 0.3 is 12.1 Å². The predicted octanol–water partition coefficient (Wildman–Crippen LogP) is 4.09. The second-order valence-electron chi connectivity index (χ2n) is 4.29. The molecule has 21 heavy (non-hydrogen) atoms. The van der Waals surface area contributed by atoms with Gasteiger partial charge in [-0.2, -0.15) is 8.78 Å².